The van der Waals surface area contributed by atoms with Gasteiger partial charge in [-0.25, -0.2) is 9.78 Å². The second-order valence-corrected chi connectivity index (χ2v) is 10.9. The maximum atomic E-state index is 12.3. The highest BCUT2D eigenvalue weighted by Gasteiger charge is 2.26. The van der Waals surface area contributed by atoms with E-state index in [-0.39, 0.29) is 6.09 Å². The van der Waals surface area contributed by atoms with Crippen LogP contribution in [0.2, 0.25) is 5.02 Å². The maximum Gasteiger partial charge on any atom is 0.410 e. The molecule has 1 fully saturated rings. The second kappa shape index (κ2) is 10.9. The molecule has 6 nitrogen and oxygen atoms in total. The number of benzene rings is 2. The van der Waals surface area contributed by atoms with Crippen molar-refractivity contribution in [1.29, 1.82) is 0 Å². The van der Waals surface area contributed by atoms with Gasteiger partial charge in [0.15, 0.2) is 0 Å². The third-order valence-electron chi connectivity index (χ3n) is 6.50. The molecule has 4 rings (SSSR count). The molecule has 35 heavy (non-hydrogen) atoms. The summed E-state index contributed by atoms with van der Waals surface area (Å²) in [6.45, 7) is 10.7. The molecule has 1 amide bonds. The Morgan fingerprint density at radius 2 is 1.83 bits per heavy atom. The van der Waals surface area contributed by atoms with Crippen LogP contribution in [0.5, 0.6) is 5.75 Å². The largest absolute Gasteiger partial charge is 0.486 e. The zero-order chi connectivity index (χ0) is 25.0. The Kier molecular flexibility index (Phi) is 7.90. The molecule has 0 bridgehead atoms. The van der Waals surface area contributed by atoms with E-state index in [0.29, 0.717) is 17.5 Å². The lowest BCUT2D eigenvalue weighted by Crippen LogP contribution is -2.41. The molecule has 0 radical (unpaired) electrons. The van der Waals surface area contributed by atoms with Gasteiger partial charge in [0.1, 0.15) is 23.8 Å². The first-order valence-electron chi connectivity index (χ1n) is 12.5. The summed E-state index contributed by atoms with van der Waals surface area (Å²) in [6, 6.07) is 13.7. The van der Waals surface area contributed by atoms with Crippen molar-refractivity contribution in [1.82, 2.24) is 14.5 Å². The van der Waals surface area contributed by atoms with E-state index < -0.39 is 5.60 Å². The number of likely N-dealkylation sites (tertiary alicyclic amines) is 1. The van der Waals surface area contributed by atoms with Crippen molar-refractivity contribution < 1.29 is 14.3 Å². The fourth-order valence-electron chi connectivity index (χ4n) is 4.64. The lowest BCUT2D eigenvalue weighted by Gasteiger charge is -2.33. The standard InChI is InChI=1S/C28H36ClN3O3/c1-20-7-5-9-24-26(20)30-25(19-34-23-12-10-22(29)11-13-23)32(24)16-6-8-21-14-17-31(18-15-21)27(33)35-28(2,3)4/h5,7,9-13,21H,6,8,14-19H2,1-4H3. The molecule has 0 aliphatic carbocycles. The maximum absolute atomic E-state index is 12.3. The van der Waals surface area contributed by atoms with E-state index >= 15 is 0 Å². The summed E-state index contributed by atoms with van der Waals surface area (Å²) in [5, 5.41) is 0.692. The number of halogens is 1. The van der Waals surface area contributed by atoms with Crippen LogP contribution in [0.4, 0.5) is 4.79 Å². The predicted molar refractivity (Wildman–Crippen MR) is 140 cm³/mol. The van der Waals surface area contributed by atoms with Gasteiger partial charge >= 0.3 is 6.09 Å². The van der Waals surface area contributed by atoms with Crippen molar-refractivity contribution in [2.24, 2.45) is 5.92 Å². The Morgan fingerprint density at radius 1 is 1.11 bits per heavy atom. The fourth-order valence-corrected chi connectivity index (χ4v) is 4.77. The van der Waals surface area contributed by atoms with Crippen LogP contribution < -0.4 is 4.74 Å². The quantitative estimate of drug-likeness (QED) is 0.352. The van der Waals surface area contributed by atoms with E-state index in [4.69, 9.17) is 26.1 Å². The molecule has 3 aromatic rings. The van der Waals surface area contributed by atoms with Crippen LogP contribution >= 0.6 is 11.6 Å². The van der Waals surface area contributed by atoms with Gasteiger partial charge in [0.2, 0.25) is 0 Å². The average Bonchev–Trinajstić information content (AvgIpc) is 3.17. The van der Waals surface area contributed by atoms with Gasteiger partial charge in [-0.2, -0.15) is 0 Å². The summed E-state index contributed by atoms with van der Waals surface area (Å²) < 4.78 is 13.9. The van der Waals surface area contributed by atoms with E-state index in [2.05, 4.69) is 29.7 Å². The van der Waals surface area contributed by atoms with Gasteiger partial charge in [-0.1, -0.05) is 23.7 Å². The number of amides is 1. The highest BCUT2D eigenvalue weighted by Crippen LogP contribution is 2.26. The summed E-state index contributed by atoms with van der Waals surface area (Å²) in [6.07, 6.45) is 4.04. The lowest BCUT2D eigenvalue weighted by molar-refractivity contribution is 0.0180. The molecular weight excluding hydrogens is 462 g/mol. The number of carbonyl (C=O) groups excluding carboxylic acids is 1. The molecule has 0 unspecified atom stereocenters. The number of piperidine rings is 1. The first kappa shape index (κ1) is 25.4. The number of hydrogen-bond acceptors (Lipinski definition) is 4. The van der Waals surface area contributed by atoms with Gasteiger partial charge < -0.3 is 18.9 Å². The Hall–Kier alpha value is -2.73. The molecule has 0 N–H and O–H groups in total. The normalized spacial score (nSPS) is 14.9. The third kappa shape index (κ3) is 6.69. The minimum atomic E-state index is -0.450. The summed E-state index contributed by atoms with van der Waals surface area (Å²) in [7, 11) is 0. The molecule has 1 aromatic heterocycles. The molecular formula is C28H36ClN3O3. The molecule has 188 valence electrons. The van der Waals surface area contributed by atoms with E-state index in [1.807, 2.05) is 49.9 Å². The average molecular weight is 498 g/mol. The molecule has 7 heteroatoms. The molecule has 2 aromatic carbocycles. The summed E-state index contributed by atoms with van der Waals surface area (Å²) in [4.78, 5) is 19.1. The van der Waals surface area contributed by atoms with Crippen LogP contribution in [0.15, 0.2) is 42.5 Å². The molecule has 0 atom stereocenters. The highest BCUT2D eigenvalue weighted by atomic mass is 35.5. The summed E-state index contributed by atoms with van der Waals surface area (Å²) in [5.41, 5.74) is 2.91. The van der Waals surface area contributed by atoms with Crippen molar-refractivity contribution in [2.75, 3.05) is 13.1 Å². The Labute approximate surface area is 213 Å². The molecule has 1 saturated heterocycles. The van der Waals surface area contributed by atoms with Gasteiger partial charge in [0.05, 0.1) is 11.0 Å². The van der Waals surface area contributed by atoms with Crippen molar-refractivity contribution in [2.45, 2.75) is 72.1 Å². The van der Waals surface area contributed by atoms with Crippen molar-refractivity contribution in [3.63, 3.8) is 0 Å². The number of hydrogen-bond donors (Lipinski definition) is 0. The number of nitrogens with zero attached hydrogens (tertiary/aromatic N) is 3. The van der Waals surface area contributed by atoms with Crippen LogP contribution in [0.25, 0.3) is 11.0 Å². The highest BCUT2D eigenvalue weighted by molar-refractivity contribution is 6.30. The number of aromatic nitrogens is 2. The topological polar surface area (TPSA) is 56.6 Å². The second-order valence-electron chi connectivity index (χ2n) is 10.4. The number of ether oxygens (including phenoxy) is 2. The molecule has 2 heterocycles. The van der Waals surface area contributed by atoms with E-state index in [1.165, 1.54) is 5.56 Å². The van der Waals surface area contributed by atoms with Crippen LogP contribution in [0.1, 0.15) is 57.8 Å². The number of aryl methyl sites for hydroxylation is 2. The Balaban J connectivity index is 1.35. The lowest BCUT2D eigenvalue weighted by atomic mass is 9.92. The van der Waals surface area contributed by atoms with Crippen LogP contribution in [0.3, 0.4) is 0 Å². The molecule has 1 aliphatic rings. The first-order chi connectivity index (χ1) is 16.7. The van der Waals surface area contributed by atoms with E-state index in [0.717, 1.165) is 67.9 Å². The number of imidazole rings is 1. The summed E-state index contributed by atoms with van der Waals surface area (Å²) >= 11 is 6.00. The van der Waals surface area contributed by atoms with Crippen molar-refractivity contribution in [3.8, 4) is 5.75 Å². The molecule has 0 saturated carbocycles. The van der Waals surface area contributed by atoms with Gasteiger partial charge in [-0.15, -0.1) is 0 Å². The molecule has 1 aliphatic heterocycles. The first-order valence-corrected chi connectivity index (χ1v) is 12.9. The number of rotatable bonds is 7. The molecule has 0 spiro atoms. The summed E-state index contributed by atoms with van der Waals surface area (Å²) in [5.74, 6) is 2.34. The predicted octanol–water partition coefficient (Wildman–Crippen LogP) is 7.00. The zero-order valence-corrected chi connectivity index (χ0v) is 22.0. The number of carbonyl (C=O) groups is 1. The smallest absolute Gasteiger partial charge is 0.410 e. The number of fused-ring (bicyclic) bond motifs is 1. The van der Waals surface area contributed by atoms with Crippen LogP contribution in [0, 0.1) is 12.8 Å². The minimum Gasteiger partial charge on any atom is -0.486 e. The van der Waals surface area contributed by atoms with Crippen molar-refractivity contribution >= 4 is 28.7 Å². The van der Waals surface area contributed by atoms with Gasteiger partial charge in [0, 0.05) is 24.7 Å². The number of para-hydroxylation sites is 1. The van der Waals surface area contributed by atoms with Gasteiger partial charge in [-0.3, -0.25) is 0 Å². The Bertz CT molecular complexity index is 1140. The fraction of sp³-hybridized carbons (Fsp3) is 0.500. The van der Waals surface area contributed by atoms with Crippen LogP contribution in [-0.2, 0) is 17.9 Å². The monoisotopic (exact) mass is 497 g/mol. The van der Waals surface area contributed by atoms with Crippen LogP contribution in [-0.4, -0.2) is 39.2 Å². The van der Waals surface area contributed by atoms with Crippen molar-refractivity contribution in [3.05, 3.63) is 58.9 Å². The SMILES string of the molecule is Cc1cccc2c1nc(COc1ccc(Cl)cc1)n2CCCC1CCN(C(=O)OC(C)(C)C)CC1. The van der Waals surface area contributed by atoms with Gasteiger partial charge in [0.25, 0.3) is 0 Å². The minimum absolute atomic E-state index is 0.193. The van der Waals surface area contributed by atoms with E-state index in [9.17, 15) is 4.79 Å². The zero-order valence-electron chi connectivity index (χ0n) is 21.2. The Morgan fingerprint density at radius 3 is 2.51 bits per heavy atom. The van der Waals surface area contributed by atoms with E-state index in [1.54, 1.807) is 0 Å². The third-order valence-corrected chi connectivity index (χ3v) is 6.75. The van der Waals surface area contributed by atoms with Gasteiger partial charge in [-0.05, 0) is 95.2 Å².